The Morgan fingerprint density at radius 1 is 0.897 bits per heavy atom. The Morgan fingerprint density at radius 2 is 1.62 bits per heavy atom. The zero-order valence-electron chi connectivity index (χ0n) is 16.7. The van der Waals surface area contributed by atoms with Crippen LogP contribution in [0.2, 0.25) is 0 Å². The third-order valence-corrected chi connectivity index (χ3v) is 4.61. The number of imide groups is 1. The molecule has 0 aromatic heterocycles. The van der Waals surface area contributed by atoms with Crippen LogP contribution in [0.5, 0.6) is 11.5 Å². The number of carbonyl (C=O) groups is 2. The molecule has 1 aliphatic rings. The minimum absolute atomic E-state index is 0.242. The van der Waals surface area contributed by atoms with E-state index in [1.54, 1.807) is 32.4 Å². The van der Waals surface area contributed by atoms with E-state index in [0.717, 1.165) is 0 Å². The standard InChI is InChI=1S/C22H24N2O5/c1-27-13-7-12-24-21(25)19(15-8-5-4-6-9-15)20(22(24)26)23-16-10-11-17(28-2)18(14-16)29-3/h4-6,8-11,14,23H,7,12-13H2,1-3H3. The van der Waals surface area contributed by atoms with Crippen molar-refractivity contribution < 1.29 is 23.8 Å². The first-order valence-electron chi connectivity index (χ1n) is 9.24. The number of nitrogens with one attached hydrogen (secondary N) is 1. The first-order valence-corrected chi connectivity index (χ1v) is 9.24. The number of nitrogens with zero attached hydrogens (tertiary/aromatic N) is 1. The average molecular weight is 396 g/mol. The van der Waals surface area contributed by atoms with Gasteiger partial charge in [0, 0.05) is 32.0 Å². The van der Waals surface area contributed by atoms with E-state index in [4.69, 9.17) is 14.2 Å². The Balaban J connectivity index is 1.98. The van der Waals surface area contributed by atoms with E-state index in [2.05, 4.69) is 5.32 Å². The van der Waals surface area contributed by atoms with E-state index < -0.39 is 0 Å². The van der Waals surface area contributed by atoms with Crippen LogP contribution in [0.1, 0.15) is 12.0 Å². The molecule has 0 atom stereocenters. The van der Waals surface area contributed by atoms with E-state index >= 15 is 0 Å². The van der Waals surface area contributed by atoms with Crippen LogP contribution in [0.15, 0.2) is 54.2 Å². The lowest BCUT2D eigenvalue weighted by atomic mass is 10.0. The van der Waals surface area contributed by atoms with Crippen molar-refractivity contribution >= 4 is 23.1 Å². The Kier molecular flexibility index (Phi) is 6.51. The van der Waals surface area contributed by atoms with Crippen molar-refractivity contribution in [2.75, 3.05) is 39.8 Å². The maximum Gasteiger partial charge on any atom is 0.278 e. The minimum Gasteiger partial charge on any atom is -0.493 e. The molecular formula is C22H24N2O5. The number of hydrogen-bond donors (Lipinski definition) is 1. The highest BCUT2D eigenvalue weighted by Crippen LogP contribution is 2.34. The van der Waals surface area contributed by atoms with Gasteiger partial charge in [0.15, 0.2) is 11.5 Å². The van der Waals surface area contributed by atoms with Crippen molar-refractivity contribution in [2.24, 2.45) is 0 Å². The van der Waals surface area contributed by atoms with Crippen molar-refractivity contribution in [2.45, 2.75) is 6.42 Å². The van der Waals surface area contributed by atoms with E-state index in [1.165, 1.54) is 12.0 Å². The van der Waals surface area contributed by atoms with Crippen LogP contribution in [0.3, 0.4) is 0 Å². The van der Waals surface area contributed by atoms with Crippen LogP contribution in [-0.2, 0) is 14.3 Å². The fraction of sp³-hybridized carbons (Fsp3) is 0.273. The van der Waals surface area contributed by atoms with Gasteiger partial charge in [0.2, 0.25) is 0 Å². The Morgan fingerprint density at radius 3 is 2.28 bits per heavy atom. The SMILES string of the molecule is COCCCN1C(=O)C(Nc2ccc(OC)c(OC)c2)=C(c2ccccc2)C1=O. The summed E-state index contributed by atoms with van der Waals surface area (Å²) >= 11 is 0. The van der Waals surface area contributed by atoms with Crippen LogP contribution in [0.25, 0.3) is 5.57 Å². The lowest BCUT2D eigenvalue weighted by Crippen LogP contribution is -2.33. The zero-order valence-corrected chi connectivity index (χ0v) is 16.7. The molecule has 29 heavy (non-hydrogen) atoms. The summed E-state index contributed by atoms with van der Waals surface area (Å²) in [6, 6.07) is 14.4. The highest BCUT2D eigenvalue weighted by atomic mass is 16.5. The van der Waals surface area contributed by atoms with Gasteiger partial charge in [-0.15, -0.1) is 0 Å². The molecule has 7 nitrogen and oxygen atoms in total. The summed E-state index contributed by atoms with van der Waals surface area (Å²) in [5.74, 6) is 0.415. The maximum atomic E-state index is 13.1. The molecule has 0 unspecified atom stereocenters. The van der Waals surface area contributed by atoms with Gasteiger partial charge in [0.1, 0.15) is 5.70 Å². The number of anilines is 1. The van der Waals surface area contributed by atoms with Crippen molar-refractivity contribution in [3.63, 3.8) is 0 Å². The van der Waals surface area contributed by atoms with Gasteiger partial charge in [0.05, 0.1) is 19.8 Å². The molecule has 3 rings (SSSR count). The van der Waals surface area contributed by atoms with Crippen LogP contribution in [0.4, 0.5) is 5.69 Å². The molecule has 0 radical (unpaired) electrons. The topological polar surface area (TPSA) is 77.1 Å². The number of ether oxygens (including phenoxy) is 3. The molecular weight excluding hydrogens is 372 g/mol. The van der Waals surface area contributed by atoms with Crippen molar-refractivity contribution in [1.29, 1.82) is 0 Å². The van der Waals surface area contributed by atoms with E-state index in [9.17, 15) is 9.59 Å². The third kappa shape index (κ3) is 4.25. The van der Waals surface area contributed by atoms with Gasteiger partial charge in [-0.3, -0.25) is 14.5 Å². The third-order valence-electron chi connectivity index (χ3n) is 4.61. The van der Waals surface area contributed by atoms with Gasteiger partial charge in [-0.05, 0) is 24.1 Å². The molecule has 0 spiro atoms. The summed E-state index contributed by atoms with van der Waals surface area (Å²) in [6.45, 7) is 0.759. The van der Waals surface area contributed by atoms with E-state index in [1.807, 2.05) is 30.3 Å². The molecule has 1 heterocycles. The average Bonchev–Trinajstić information content (AvgIpc) is 2.98. The highest BCUT2D eigenvalue weighted by molar-refractivity contribution is 6.36. The minimum atomic E-state index is -0.361. The van der Waals surface area contributed by atoms with Crippen LogP contribution >= 0.6 is 0 Å². The molecule has 0 bridgehead atoms. The Bertz CT molecular complexity index is 924. The monoisotopic (exact) mass is 396 g/mol. The van der Waals surface area contributed by atoms with Gasteiger partial charge in [-0.25, -0.2) is 0 Å². The van der Waals surface area contributed by atoms with Gasteiger partial charge >= 0.3 is 0 Å². The first-order chi connectivity index (χ1) is 14.1. The maximum absolute atomic E-state index is 13.1. The molecule has 0 fully saturated rings. The van der Waals surface area contributed by atoms with Gasteiger partial charge in [-0.2, -0.15) is 0 Å². The molecule has 1 N–H and O–H groups in total. The number of carbonyl (C=O) groups excluding carboxylic acids is 2. The van der Waals surface area contributed by atoms with Gasteiger partial charge in [0.25, 0.3) is 11.8 Å². The van der Waals surface area contributed by atoms with Crippen LogP contribution in [0, 0.1) is 0 Å². The molecule has 7 heteroatoms. The second-order valence-electron chi connectivity index (χ2n) is 6.42. The van der Waals surface area contributed by atoms with Crippen LogP contribution in [-0.4, -0.2) is 51.2 Å². The Hall–Kier alpha value is -3.32. The zero-order chi connectivity index (χ0) is 20.8. The predicted molar refractivity (Wildman–Crippen MR) is 110 cm³/mol. The summed E-state index contributed by atoms with van der Waals surface area (Å²) in [6.07, 6.45) is 0.569. The molecule has 152 valence electrons. The molecule has 0 aliphatic carbocycles. The lowest BCUT2D eigenvalue weighted by Gasteiger charge is -2.15. The number of rotatable bonds is 9. The summed E-state index contributed by atoms with van der Waals surface area (Å²) in [5, 5.41) is 3.12. The summed E-state index contributed by atoms with van der Waals surface area (Å²) in [5.41, 5.74) is 1.89. The van der Waals surface area contributed by atoms with Crippen LogP contribution < -0.4 is 14.8 Å². The highest BCUT2D eigenvalue weighted by Gasteiger charge is 2.38. The summed E-state index contributed by atoms with van der Waals surface area (Å²) in [4.78, 5) is 27.4. The van der Waals surface area contributed by atoms with E-state index in [-0.39, 0.29) is 17.5 Å². The predicted octanol–water partition coefficient (Wildman–Crippen LogP) is 2.93. The summed E-state index contributed by atoms with van der Waals surface area (Å²) < 4.78 is 15.6. The Labute approximate surface area is 169 Å². The normalized spacial score (nSPS) is 13.8. The number of hydrogen-bond acceptors (Lipinski definition) is 6. The smallest absolute Gasteiger partial charge is 0.278 e. The second-order valence-corrected chi connectivity index (χ2v) is 6.42. The molecule has 2 amide bonds. The fourth-order valence-corrected chi connectivity index (χ4v) is 3.19. The second kappa shape index (κ2) is 9.25. The lowest BCUT2D eigenvalue weighted by molar-refractivity contribution is -0.136. The molecule has 2 aromatic rings. The molecule has 0 saturated heterocycles. The largest absolute Gasteiger partial charge is 0.493 e. The molecule has 0 saturated carbocycles. The van der Waals surface area contributed by atoms with E-state index in [0.29, 0.717) is 47.9 Å². The number of methoxy groups -OCH3 is 3. The summed E-state index contributed by atoms with van der Waals surface area (Å²) in [7, 11) is 4.68. The van der Waals surface area contributed by atoms with Gasteiger partial charge in [-0.1, -0.05) is 30.3 Å². The quantitative estimate of drug-likeness (QED) is 0.519. The van der Waals surface area contributed by atoms with Crippen molar-refractivity contribution in [3.8, 4) is 11.5 Å². The fourth-order valence-electron chi connectivity index (χ4n) is 3.19. The van der Waals surface area contributed by atoms with Gasteiger partial charge < -0.3 is 19.5 Å². The number of amides is 2. The van der Waals surface area contributed by atoms with Crippen molar-refractivity contribution in [1.82, 2.24) is 4.90 Å². The molecule has 1 aliphatic heterocycles. The first kappa shape index (κ1) is 20.4. The molecule has 2 aromatic carbocycles. The number of benzene rings is 2. The van der Waals surface area contributed by atoms with Crippen molar-refractivity contribution in [3.05, 3.63) is 59.8 Å².